The second-order valence-corrected chi connectivity index (χ2v) is 5.08. The van der Waals surface area contributed by atoms with Crippen LogP contribution in [-0.4, -0.2) is 36.1 Å². The molecule has 1 aliphatic heterocycles. The first-order valence-electron chi connectivity index (χ1n) is 6.76. The van der Waals surface area contributed by atoms with Crippen molar-refractivity contribution in [3.63, 3.8) is 0 Å². The Hall–Kier alpha value is -1.00. The van der Waals surface area contributed by atoms with E-state index in [1.165, 1.54) is 31.8 Å². The van der Waals surface area contributed by atoms with Crippen LogP contribution >= 0.6 is 0 Å². The van der Waals surface area contributed by atoms with Gasteiger partial charge < -0.3 is 10.2 Å². The first kappa shape index (κ1) is 13.4. The molecule has 0 aliphatic carbocycles. The molecule has 1 aliphatic rings. The average Bonchev–Trinajstić information content (AvgIpc) is 2.85. The topological polar surface area (TPSA) is 28.2 Å². The number of nitrogens with zero attached hydrogens (tertiary/aromatic N) is 2. The largest absolute Gasteiger partial charge is 0.309 e. The standard InChI is InChI=1S/C14H22FN3/c1-3-18-7-6-12(10-18)8-16-11(2)14-5-4-13(15)9-17-14/h4-5,9,11-12,16H,3,6-8,10H2,1-2H3. The van der Waals surface area contributed by atoms with Gasteiger partial charge in [-0.05, 0) is 51.0 Å². The summed E-state index contributed by atoms with van der Waals surface area (Å²) in [6.07, 6.45) is 2.55. The maximum absolute atomic E-state index is 12.8. The van der Waals surface area contributed by atoms with Gasteiger partial charge in [0.1, 0.15) is 5.82 Å². The van der Waals surface area contributed by atoms with Crippen LogP contribution in [0.25, 0.3) is 0 Å². The molecule has 0 amide bonds. The Morgan fingerprint density at radius 2 is 2.39 bits per heavy atom. The van der Waals surface area contributed by atoms with Crippen molar-refractivity contribution in [2.75, 3.05) is 26.2 Å². The molecule has 1 aromatic heterocycles. The highest BCUT2D eigenvalue weighted by Crippen LogP contribution is 2.16. The highest BCUT2D eigenvalue weighted by atomic mass is 19.1. The van der Waals surface area contributed by atoms with Crippen LogP contribution in [0.2, 0.25) is 0 Å². The van der Waals surface area contributed by atoms with Crippen molar-refractivity contribution in [2.45, 2.75) is 26.3 Å². The lowest BCUT2D eigenvalue weighted by atomic mass is 10.1. The van der Waals surface area contributed by atoms with E-state index < -0.39 is 0 Å². The van der Waals surface area contributed by atoms with Gasteiger partial charge >= 0.3 is 0 Å². The SMILES string of the molecule is CCN1CCC(CNC(C)c2ccc(F)cn2)C1. The molecule has 2 heterocycles. The lowest BCUT2D eigenvalue weighted by Gasteiger charge is -2.17. The van der Waals surface area contributed by atoms with E-state index in [1.807, 2.05) is 0 Å². The van der Waals surface area contributed by atoms with Crippen molar-refractivity contribution < 1.29 is 4.39 Å². The third-order valence-corrected chi connectivity index (χ3v) is 3.72. The van der Waals surface area contributed by atoms with E-state index in [2.05, 4.69) is 29.0 Å². The number of rotatable bonds is 5. The Morgan fingerprint density at radius 3 is 3.00 bits per heavy atom. The highest BCUT2D eigenvalue weighted by Gasteiger charge is 2.21. The number of halogens is 1. The van der Waals surface area contributed by atoms with Crippen LogP contribution in [0.5, 0.6) is 0 Å². The molecule has 2 rings (SSSR count). The summed E-state index contributed by atoms with van der Waals surface area (Å²) in [6.45, 7) is 8.84. The van der Waals surface area contributed by atoms with Gasteiger partial charge in [-0.2, -0.15) is 0 Å². The van der Waals surface area contributed by atoms with Gasteiger partial charge in [0.15, 0.2) is 0 Å². The zero-order valence-electron chi connectivity index (χ0n) is 11.2. The van der Waals surface area contributed by atoms with Crippen LogP contribution in [0.1, 0.15) is 32.0 Å². The third kappa shape index (κ3) is 3.50. The van der Waals surface area contributed by atoms with Crippen molar-refractivity contribution in [1.29, 1.82) is 0 Å². The Labute approximate surface area is 108 Å². The molecule has 0 bridgehead atoms. The Bertz CT molecular complexity index is 366. The summed E-state index contributed by atoms with van der Waals surface area (Å²) in [5, 5.41) is 3.49. The molecule has 1 saturated heterocycles. The van der Waals surface area contributed by atoms with Crippen LogP contribution in [0, 0.1) is 11.7 Å². The van der Waals surface area contributed by atoms with Gasteiger partial charge in [0.2, 0.25) is 0 Å². The van der Waals surface area contributed by atoms with E-state index >= 15 is 0 Å². The normalized spacial score (nSPS) is 22.3. The summed E-state index contributed by atoms with van der Waals surface area (Å²) in [6, 6.07) is 3.40. The van der Waals surface area contributed by atoms with Crippen molar-refractivity contribution in [2.24, 2.45) is 5.92 Å². The van der Waals surface area contributed by atoms with Gasteiger partial charge in [-0.3, -0.25) is 4.98 Å². The molecule has 100 valence electrons. The lowest BCUT2D eigenvalue weighted by molar-refractivity contribution is 0.336. The number of pyridine rings is 1. The summed E-state index contributed by atoms with van der Waals surface area (Å²) >= 11 is 0. The minimum absolute atomic E-state index is 0.182. The summed E-state index contributed by atoms with van der Waals surface area (Å²) in [5.41, 5.74) is 0.904. The first-order chi connectivity index (χ1) is 8.69. The molecule has 18 heavy (non-hydrogen) atoms. The molecular formula is C14H22FN3. The van der Waals surface area contributed by atoms with Crippen LogP contribution in [0.15, 0.2) is 18.3 Å². The summed E-state index contributed by atoms with van der Waals surface area (Å²) in [7, 11) is 0. The predicted molar refractivity (Wildman–Crippen MR) is 70.8 cm³/mol. The molecule has 1 N–H and O–H groups in total. The number of aromatic nitrogens is 1. The predicted octanol–water partition coefficient (Wildman–Crippen LogP) is 2.21. The number of hydrogen-bond donors (Lipinski definition) is 1. The first-order valence-corrected chi connectivity index (χ1v) is 6.76. The molecule has 2 unspecified atom stereocenters. The second kappa shape index (κ2) is 6.25. The van der Waals surface area contributed by atoms with Gasteiger partial charge in [0.25, 0.3) is 0 Å². The van der Waals surface area contributed by atoms with Crippen LogP contribution in [0.4, 0.5) is 4.39 Å². The maximum atomic E-state index is 12.8. The van der Waals surface area contributed by atoms with Crippen LogP contribution in [0.3, 0.4) is 0 Å². The van der Waals surface area contributed by atoms with Gasteiger partial charge in [-0.1, -0.05) is 6.92 Å². The van der Waals surface area contributed by atoms with Gasteiger partial charge in [0.05, 0.1) is 11.9 Å². The summed E-state index contributed by atoms with van der Waals surface area (Å²) in [4.78, 5) is 6.59. The molecule has 4 heteroatoms. The van der Waals surface area contributed by atoms with Gasteiger partial charge in [0, 0.05) is 12.6 Å². The zero-order chi connectivity index (χ0) is 13.0. The fourth-order valence-corrected chi connectivity index (χ4v) is 2.46. The van der Waals surface area contributed by atoms with E-state index in [4.69, 9.17) is 0 Å². The quantitative estimate of drug-likeness (QED) is 0.869. The fourth-order valence-electron chi connectivity index (χ4n) is 2.46. The third-order valence-electron chi connectivity index (χ3n) is 3.72. The monoisotopic (exact) mass is 251 g/mol. The molecule has 1 fully saturated rings. The molecule has 1 aromatic rings. The molecular weight excluding hydrogens is 229 g/mol. The number of likely N-dealkylation sites (tertiary alicyclic amines) is 1. The van der Waals surface area contributed by atoms with Crippen molar-refractivity contribution >= 4 is 0 Å². The summed E-state index contributed by atoms with van der Waals surface area (Å²) in [5.74, 6) is 0.452. The smallest absolute Gasteiger partial charge is 0.141 e. The molecule has 0 aromatic carbocycles. The van der Waals surface area contributed by atoms with Crippen molar-refractivity contribution in [3.8, 4) is 0 Å². The highest BCUT2D eigenvalue weighted by molar-refractivity contribution is 5.08. The van der Waals surface area contributed by atoms with Crippen LogP contribution < -0.4 is 5.32 Å². The van der Waals surface area contributed by atoms with Crippen LogP contribution in [-0.2, 0) is 0 Å². The maximum Gasteiger partial charge on any atom is 0.141 e. The number of nitrogens with one attached hydrogen (secondary N) is 1. The van der Waals surface area contributed by atoms with E-state index in [-0.39, 0.29) is 11.9 Å². The van der Waals surface area contributed by atoms with Gasteiger partial charge in [-0.15, -0.1) is 0 Å². The van der Waals surface area contributed by atoms with E-state index in [0.29, 0.717) is 0 Å². The molecule has 0 spiro atoms. The van der Waals surface area contributed by atoms with Gasteiger partial charge in [-0.25, -0.2) is 4.39 Å². The second-order valence-electron chi connectivity index (χ2n) is 5.08. The van der Waals surface area contributed by atoms with Crippen molar-refractivity contribution in [3.05, 3.63) is 29.8 Å². The Morgan fingerprint density at radius 1 is 1.56 bits per heavy atom. The number of hydrogen-bond acceptors (Lipinski definition) is 3. The minimum atomic E-state index is -0.277. The summed E-state index contributed by atoms with van der Waals surface area (Å²) < 4.78 is 12.8. The Balaban J connectivity index is 1.78. The fraction of sp³-hybridized carbons (Fsp3) is 0.643. The molecule has 0 radical (unpaired) electrons. The van der Waals surface area contributed by atoms with E-state index in [9.17, 15) is 4.39 Å². The molecule has 0 saturated carbocycles. The molecule has 3 nitrogen and oxygen atoms in total. The van der Waals surface area contributed by atoms with E-state index in [0.717, 1.165) is 24.7 Å². The molecule has 2 atom stereocenters. The minimum Gasteiger partial charge on any atom is -0.309 e. The lowest BCUT2D eigenvalue weighted by Crippen LogP contribution is -2.28. The Kier molecular flexibility index (Phi) is 4.66. The average molecular weight is 251 g/mol. The zero-order valence-corrected chi connectivity index (χ0v) is 11.2. The van der Waals surface area contributed by atoms with E-state index in [1.54, 1.807) is 6.07 Å². The van der Waals surface area contributed by atoms with Crippen molar-refractivity contribution in [1.82, 2.24) is 15.2 Å².